The zero-order chi connectivity index (χ0) is 18.8. The molecule has 7 heteroatoms. The number of ether oxygens (including phenoxy) is 1. The largest absolute Gasteiger partial charge is 0.378 e. The van der Waals surface area contributed by atoms with Crippen molar-refractivity contribution in [2.24, 2.45) is 0 Å². The molecule has 0 saturated carbocycles. The Hall–Kier alpha value is -2.27. The van der Waals surface area contributed by atoms with Crippen molar-refractivity contribution in [3.05, 3.63) is 64.2 Å². The molecule has 5 nitrogen and oxygen atoms in total. The topological polar surface area (TPSA) is 55.6 Å². The van der Waals surface area contributed by atoms with Gasteiger partial charge in [0, 0.05) is 30.5 Å². The number of hydrogen-bond acceptors (Lipinski definition) is 5. The van der Waals surface area contributed by atoms with Crippen LogP contribution in [0.1, 0.15) is 5.56 Å². The molecule has 1 fully saturated rings. The predicted molar refractivity (Wildman–Crippen MR) is 112 cm³/mol. The van der Waals surface area contributed by atoms with Crippen LogP contribution in [0.25, 0.3) is 21.0 Å². The standard InChI is InChI=1S/C20H19N2O3PS/c1-14-2-4-15(5-3-14)18-19(21-10-12-25-13-11-21)27-20(26-18)16-6-8-17(9-7-16)22(23)24/h2-9H,10-13H2,1H3. The molecule has 1 aliphatic heterocycles. The van der Waals surface area contributed by atoms with Crippen molar-refractivity contribution in [3.8, 4) is 21.0 Å². The second kappa shape index (κ2) is 7.77. The molecule has 0 aliphatic carbocycles. The summed E-state index contributed by atoms with van der Waals surface area (Å²) in [7, 11) is 1.15. The van der Waals surface area contributed by atoms with E-state index >= 15 is 0 Å². The van der Waals surface area contributed by atoms with Gasteiger partial charge in [0.1, 0.15) is 5.00 Å². The van der Waals surface area contributed by atoms with Gasteiger partial charge in [-0.05, 0) is 38.4 Å². The Morgan fingerprint density at radius 2 is 1.67 bits per heavy atom. The number of benzene rings is 2. The summed E-state index contributed by atoms with van der Waals surface area (Å²) >= 11 is 1.78. The fraction of sp³-hybridized carbons (Fsp3) is 0.250. The van der Waals surface area contributed by atoms with Crippen LogP contribution in [0.15, 0.2) is 48.5 Å². The maximum absolute atomic E-state index is 10.9. The summed E-state index contributed by atoms with van der Waals surface area (Å²) in [6, 6.07) is 15.5. The monoisotopic (exact) mass is 398 g/mol. The molecule has 0 bridgehead atoms. The number of nitro benzene ring substituents is 1. The molecule has 1 saturated heterocycles. The van der Waals surface area contributed by atoms with Crippen LogP contribution in [0.4, 0.5) is 10.7 Å². The molecular formula is C20H19N2O3PS. The summed E-state index contributed by atoms with van der Waals surface area (Å²) in [4.78, 5) is 13.0. The van der Waals surface area contributed by atoms with Crippen LogP contribution in [0, 0.1) is 17.0 Å². The van der Waals surface area contributed by atoms with Gasteiger partial charge in [0.05, 0.1) is 22.7 Å². The number of morpholine rings is 1. The van der Waals surface area contributed by atoms with Crippen molar-refractivity contribution in [2.75, 3.05) is 31.2 Å². The molecule has 3 aromatic rings. The third-order valence-electron chi connectivity index (χ3n) is 4.56. The van der Waals surface area contributed by atoms with E-state index in [1.807, 2.05) is 12.1 Å². The summed E-state index contributed by atoms with van der Waals surface area (Å²) in [5.74, 6) is 0. The van der Waals surface area contributed by atoms with E-state index in [-0.39, 0.29) is 10.6 Å². The Bertz CT molecular complexity index is 948. The quantitative estimate of drug-likeness (QED) is 0.417. The Kier molecular flexibility index (Phi) is 5.21. The number of non-ortho nitro benzene ring substituents is 1. The molecule has 2 heterocycles. The maximum Gasteiger partial charge on any atom is 0.269 e. The van der Waals surface area contributed by atoms with E-state index in [0.717, 1.165) is 40.1 Å². The van der Waals surface area contributed by atoms with Crippen molar-refractivity contribution in [1.29, 1.82) is 0 Å². The molecular weight excluding hydrogens is 379 g/mol. The van der Waals surface area contributed by atoms with Crippen LogP contribution >= 0.6 is 19.5 Å². The van der Waals surface area contributed by atoms with Crippen molar-refractivity contribution >= 4 is 30.2 Å². The highest BCUT2D eigenvalue weighted by atomic mass is 32.1. The van der Waals surface area contributed by atoms with Gasteiger partial charge in [-0.15, -0.1) is 11.3 Å². The molecule has 0 atom stereocenters. The molecule has 27 heavy (non-hydrogen) atoms. The zero-order valence-electron chi connectivity index (χ0n) is 14.9. The van der Waals surface area contributed by atoms with Crippen LogP contribution in [0.3, 0.4) is 0 Å². The summed E-state index contributed by atoms with van der Waals surface area (Å²) in [5.41, 5.74) is 3.64. The molecule has 1 aromatic heterocycles. The lowest BCUT2D eigenvalue weighted by Gasteiger charge is -2.28. The minimum Gasteiger partial charge on any atom is -0.378 e. The normalized spacial score (nSPS) is 14.6. The number of nitro groups is 1. The van der Waals surface area contributed by atoms with Gasteiger partial charge < -0.3 is 9.64 Å². The van der Waals surface area contributed by atoms with E-state index in [4.69, 9.17) is 4.74 Å². The number of nitrogens with zero attached hydrogens (tertiary/aromatic N) is 2. The van der Waals surface area contributed by atoms with E-state index < -0.39 is 0 Å². The molecule has 0 spiro atoms. The van der Waals surface area contributed by atoms with Gasteiger partial charge >= 0.3 is 0 Å². The number of rotatable bonds is 4. The minimum absolute atomic E-state index is 0.124. The van der Waals surface area contributed by atoms with Gasteiger partial charge in [0.25, 0.3) is 5.69 Å². The fourth-order valence-corrected chi connectivity index (χ4v) is 5.99. The van der Waals surface area contributed by atoms with Gasteiger partial charge in [-0.2, -0.15) is 0 Å². The highest BCUT2D eigenvalue weighted by molar-refractivity contribution is 7.51. The third-order valence-corrected chi connectivity index (χ3v) is 7.50. The van der Waals surface area contributed by atoms with Gasteiger partial charge in [0.15, 0.2) is 0 Å². The first kappa shape index (κ1) is 18.1. The SMILES string of the molecule is Cc1ccc(-c2pc(-c3ccc([N+](=O)[O-])cc3)sc2N2CCOCC2)cc1. The molecule has 2 aromatic carbocycles. The van der Waals surface area contributed by atoms with E-state index in [0.29, 0.717) is 0 Å². The smallest absolute Gasteiger partial charge is 0.269 e. The van der Waals surface area contributed by atoms with Crippen LogP contribution < -0.4 is 4.90 Å². The highest BCUT2D eigenvalue weighted by Crippen LogP contribution is 2.51. The summed E-state index contributed by atoms with van der Waals surface area (Å²) < 4.78 is 6.73. The Morgan fingerprint density at radius 1 is 1.04 bits per heavy atom. The lowest BCUT2D eigenvalue weighted by atomic mass is 10.1. The Balaban J connectivity index is 1.76. The first-order chi connectivity index (χ1) is 13.1. The molecule has 1 aliphatic rings. The van der Waals surface area contributed by atoms with Crippen LogP contribution in [-0.2, 0) is 4.74 Å². The molecule has 4 rings (SSSR count). The van der Waals surface area contributed by atoms with Gasteiger partial charge in [-0.1, -0.05) is 29.8 Å². The Labute approximate surface area is 163 Å². The van der Waals surface area contributed by atoms with Gasteiger partial charge in [-0.3, -0.25) is 10.1 Å². The van der Waals surface area contributed by atoms with E-state index in [2.05, 4.69) is 36.1 Å². The molecule has 138 valence electrons. The molecule has 0 N–H and O–H groups in total. The maximum atomic E-state index is 10.9. The number of anilines is 1. The summed E-state index contributed by atoms with van der Waals surface area (Å²) in [6.45, 7) is 5.36. The fourth-order valence-electron chi connectivity index (χ4n) is 3.04. The molecule has 0 amide bonds. The highest BCUT2D eigenvalue weighted by Gasteiger charge is 2.21. The van der Waals surface area contributed by atoms with E-state index in [1.165, 1.54) is 26.0 Å². The first-order valence-electron chi connectivity index (χ1n) is 8.77. The average molecular weight is 398 g/mol. The lowest BCUT2D eigenvalue weighted by molar-refractivity contribution is -0.384. The van der Waals surface area contributed by atoms with Crippen molar-refractivity contribution in [3.63, 3.8) is 0 Å². The molecule has 0 radical (unpaired) electrons. The minimum atomic E-state index is -0.358. The number of hydrogen-bond donors (Lipinski definition) is 0. The van der Waals surface area contributed by atoms with Gasteiger partial charge in [-0.25, -0.2) is 0 Å². The van der Waals surface area contributed by atoms with Crippen molar-refractivity contribution < 1.29 is 9.66 Å². The van der Waals surface area contributed by atoms with Crippen LogP contribution in [0.2, 0.25) is 0 Å². The van der Waals surface area contributed by atoms with Crippen LogP contribution in [-0.4, -0.2) is 31.2 Å². The summed E-state index contributed by atoms with van der Waals surface area (Å²) in [5, 5.41) is 13.5. The Morgan fingerprint density at radius 3 is 2.30 bits per heavy atom. The van der Waals surface area contributed by atoms with Crippen molar-refractivity contribution in [1.82, 2.24) is 0 Å². The second-order valence-corrected chi connectivity index (χ2v) is 8.86. The second-order valence-electron chi connectivity index (χ2n) is 6.44. The zero-order valence-corrected chi connectivity index (χ0v) is 16.6. The number of aryl methyl sites for hydroxylation is 1. The molecule has 0 unspecified atom stereocenters. The third kappa shape index (κ3) is 3.88. The lowest BCUT2D eigenvalue weighted by Crippen LogP contribution is -2.35. The average Bonchev–Trinajstić information content (AvgIpc) is 3.15. The van der Waals surface area contributed by atoms with Crippen LogP contribution in [0.5, 0.6) is 0 Å². The van der Waals surface area contributed by atoms with E-state index in [9.17, 15) is 10.1 Å². The summed E-state index contributed by atoms with van der Waals surface area (Å²) in [6.07, 6.45) is 0. The van der Waals surface area contributed by atoms with E-state index in [1.54, 1.807) is 23.5 Å². The first-order valence-corrected chi connectivity index (χ1v) is 10.5. The van der Waals surface area contributed by atoms with Gasteiger partial charge in [0.2, 0.25) is 0 Å². The van der Waals surface area contributed by atoms with Crippen molar-refractivity contribution in [2.45, 2.75) is 6.92 Å². The predicted octanol–water partition coefficient (Wildman–Crippen LogP) is 5.72.